The zero-order valence-corrected chi connectivity index (χ0v) is 16.5. The molecule has 0 aliphatic carbocycles. The van der Waals surface area contributed by atoms with Crippen molar-refractivity contribution in [3.8, 4) is 28.0 Å². The molecule has 0 radical (unpaired) electrons. The van der Waals surface area contributed by atoms with Gasteiger partial charge in [-0.25, -0.2) is 0 Å². The van der Waals surface area contributed by atoms with E-state index < -0.39 is 0 Å². The van der Waals surface area contributed by atoms with E-state index in [4.69, 9.17) is 0 Å². The molecule has 0 unspecified atom stereocenters. The summed E-state index contributed by atoms with van der Waals surface area (Å²) in [4.78, 5) is 0. The van der Waals surface area contributed by atoms with Crippen molar-refractivity contribution in [2.75, 3.05) is 0 Å². The van der Waals surface area contributed by atoms with Crippen molar-refractivity contribution in [1.82, 2.24) is 0 Å². The van der Waals surface area contributed by atoms with Crippen LogP contribution in [0.3, 0.4) is 0 Å². The molecule has 0 saturated carbocycles. The summed E-state index contributed by atoms with van der Waals surface area (Å²) in [5.41, 5.74) is 6.95. The molecule has 1 N–H and O–H groups in total. The third kappa shape index (κ3) is 4.80. The number of aryl methyl sites for hydroxylation is 2. The van der Waals surface area contributed by atoms with Crippen LogP contribution in [-0.2, 0) is 12.8 Å². The van der Waals surface area contributed by atoms with Gasteiger partial charge in [-0.15, -0.1) is 0 Å². The maximum absolute atomic E-state index is 10.6. The quantitative estimate of drug-likeness (QED) is 0.444. The van der Waals surface area contributed by atoms with Gasteiger partial charge in [-0.2, -0.15) is 0 Å². The zero-order valence-electron chi connectivity index (χ0n) is 16.5. The summed E-state index contributed by atoms with van der Waals surface area (Å²) in [6, 6.07) is 23.2. The van der Waals surface area contributed by atoms with Crippen molar-refractivity contribution in [2.24, 2.45) is 0 Å². The first-order chi connectivity index (χ1) is 13.2. The highest BCUT2D eigenvalue weighted by atomic mass is 16.3. The minimum absolute atomic E-state index is 0.337. The zero-order chi connectivity index (χ0) is 19.1. The molecule has 3 aromatic carbocycles. The molecule has 0 bridgehead atoms. The molecule has 0 fully saturated rings. The summed E-state index contributed by atoms with van der Waals surface area (Å²) < 4.78 is 0. The summed E-state index contributed by atoms with van der Waals surface area (Å²) >= 11 is 0. The molecule has 1 heteroatoms. The van der Waals surface area contributed by atoms with Crippen LogP contribution in [0.4, 0.5) is 0 Å². The van der Waals surface area contributed by atoms with Gasteiger partial charge in [0.25, 0.3) is 0 Å². The van der Waals surface area contributed by atoms with Crippen molar-refractivity contribution in [3.63, 3.8) is 0 Å². The van der Waals surface area contributed by atoms with E-state index in [1.807, 2.05) is 6.07 Å². The number of hydrogen-bond acceptors (Lipinski definition) is 1. The van der Waals surface area contributed by atoms with Crippen LogP contribution in [0.5, 0.6) is 5.75 Å². The summed E-state index contributed by atoms with van der Waals surface area (Å²) in [5.74, 6) is 0.337. The van der Waals surface area contributed by atoms with Crippen molar-refractivity contribution in [3.05, 3.63) is 77.9 Å². The van der Waals surface area contributed by atoms with E-state index in [9.17, 15) is 5.11 Å². The number of benzene rings is 3. The SMILES string of the molecule is CCCCc1ccc(-c2cccc(O)c2-c2ccc(CCCC)cc2)cc1. The molecule has 0 heterocycles. The fourth-order valence-corrected chi connectivity index (χ4v) is 3.53. The van der Waals surface area contributed by atoms with Gasteiger partial charge in [-0.1, -0.05) is 87.4 Å². The number of phenolic OH excluding ortho intramolecular Hbond substituents is 1. The minimum atomic E-state index is 0.337. The van der Waals surface area contributed by atoms with Gasteiger partial charge in [0, 0.05) is 5.56 Å². The Balaban J connectivity index is 1.93. The first-order valence-electron chi connectivity index (χ1n) is 10.2. The number of phenols is 1. The molecular formula is C26H30O. The fraction of sp³-hybridized carbons (Fsp3) is 0.308. The highest BCUT2D eigenvalue weighted by molar-refractivity contribution is 5.87. The van der Waals surface area contributed by atoms with Gasteiger partial charge in [0.05, 0.1) is 0 Å². The average Bonchev–Trinajstić information content (AvgIpc) is 2.71. The summed E-state index contributed by atoms with van der Waals surface area (Å²) in [7, 11) is 0. The lowest BCUT2D eigenvalue weighted by molar-refractivity contribution is 0.477. The standard InChI is InChI=1S/C26H30O/c1-3-5-8-20-12-16-22(17-13-20)24-10-7-11-25(27)26(24)23-18-14-21(15-19-23)9-6-4-2/h7,10-19,27H,3-6,8-9H2,1-2H3. The Hall–Kier alpha value is -2.54. The Morgan fingerprint density at radius 3 is 1.67 bits per heavy atom. The van der Waals surface area contributed by atoms with Gasteiger partial charge in [-0.3, -0.25) is 0 Å². The van der Waals surface area contributed by atoms with E-state index >= 15 is 0 Å². The van der Waals surface area contributed by atoms with Gasteiger partial charge < -0.3 is 5.11 Å². The third-order valence-electron chi connectivity index (χ3n) is 5.19. The normalized spacial score (nSPS) is 10.9. The molecule has 1 nitrogen and oxygen atoms in total. The number of unbranched alkanes of at least 4 members (excludes halogenated alkanes) is 2. The van der Waals surface area contributed by atoms with Crippen LogP contribution < -0.4 is 0 Å². The first kappa shape index (κ1) is 19.2. The molecule has 3 rings (SSSR count). The van der Waals surface area contributed by atoms with Crippen LogP contribution in [0.1, 0.15) is 50.7 Å². The highest BCUT2D eigenvalue weighted by Gasteiger charge is 2.12. The lowest BCUT2D eigenvalue weighted by atomic mass is 9.92. The number of aromatic hydroxyl groups is 1. The molecule has 0 spiro atoms. The van der Waals surface area contributed by atoms with Gasteiger partial charge in [-0.05, 0) is 59.6 Å². The van der Waals surface area contributed by atoms with Crippen LogP contribution >= 0.6 is 0 Å². The third-order valence-corrected chi connectivity index (χ3v) is 5.19. The highest BCUT2D eigenvalue weighted by Crippen LogP contribution is 2.38. The molecule has 27 heavy (non-hydrogen) atoms. The average molecular weight is 359 g/mol. The lowest BCUT2D eigenvalue weighted by Crippen LogP contribution is -1.90. The van der Waals surface area contributed by atoms with Crippen LogP contribution in [0.2, 0.25) is 0 Å². The van der Waals surface area contributed by atoms with Crippen LogP contribution in [-0.4, -0.2) is 5.11 Å². The number of hydrogen-bond donors (Lipinski definition) is 1. The first-order valence-corrected chi connectivity index (χ1v) is 10.2. The van der Waals surface area contributed by atoms with Crippen LogP contribution in [0.25, 0.3) is 22.3 Å². The molecule has 0 aliphatic heterocycles. The summed E-state index contributed by atoms with van der Waals surface area (Å²) in [6.07, 6.45) is 7.10. The van der Waals surface area contributed by atoms with E-state index in [-0.39, 0.29) is 0 Å². The smallest absolute Gasteiger partial charge is 0.124 e. The van der Waals surface area contributed by atoms with Gasteiger partial charge >= 0.3 is 0 Å². The van der Waals surface area contributed by atoms with E-state index in [1.54, 1.807) is 6.07 Å². The molecular weight excluding hydrogens is 328 g/mol. The monoisotopic (exact) mass is 358 g/mol. The molecule has 0 atom stereocenters. The van der Waals surface area contributed by atoms with E-state index in [2.05, 4.69) is 68.4 Å². The van der Waals surface area contributed by atoms with Gasteiger partial charge in [0.2, 0.25) is 0 Å². The molecule has 0 aromatic heterocycles. The van der Waals surface area contributed by atoms with Crippen molar-refractivity contribution < 1.29 is 5.11 Å². The molecule has 0 saturated heterocycles. The predicted molar refractivity (Wildman–Crippen MR) is 116 cm³/mol. The van der Waals surface area contributed by atoms with Crippen molar-refractivity contribution >= 4 is 0 Å². The second-order valence-electron chi connectivity index (χ2n) is 7.30. The minimum Gasteiger partial charge on any atom is -0.507 e. The molecule has 3 aromatic rings. The van der Waals surface area contributed by atoms with Crippen molar-refractivity contribution in [2.45, 2.75) is 52.4 Å². The Bertz CT molecular complexity index is 844. The summed E-state index contributed by atoms with van der Waals surface area (Å²) in [5, 5.41) is 10.6. The van der Waals surface area contributed by atoms with Crippen LogP contribution in [0, 0.1) is 0 Å². The van der Waals surface area contributed by atoms with E-state index in [1.165, 1.54) is 36.8 Å². The fourth-order valence-electron chi connectivity index (χ4n) is 3.53. The topological polar surface area (TPSA) is 20.2 Å². The number of rotatable bonds is 8. The Kier molecular flexibility index (Phi) is 6.70. The second kappa shape index (κ2) is 9.41. The largest absolute Gasteiger partial charge is 0.507 e. The lowest BCUT2D eigenvalue weighted by Gasteiger charge is -2.13. The summed E-state index contributed by atoms with van der Waals surface area (Å²) in [6.45, 7) is 4.44. The van der Waals surface area contributed by atoms with E-state index in [0.717, 1.165) is 35.1 Å². The van der Waals surface area contributed by atoms with E-state index in [0.29, 0.717) is 5.75 Å². The Morgan fingerprint density at radius 2 is 1.15 bits per heavy atom. The van der Waals surface area contributed by atoms with Gasteiger partial charge in [0.15, 0.2) is 0 Å². The van der Waals surface area contributed by atoms with Crippen LogP contribution in [0.15, 0.2) is 66.7 Å². The predicted octanol–water partition coefficient (Wildman–Crippen LogP) is 7.41. The molecule has 0 amide bonds. The molecule has 140 valence electrons. The maximum atomic E-state index is 10.6. The van der Waals surface area contributed by atoms with Crippen molar-refractivity contribution in [1.29, 1.82) is 0 Å². The van der Waals surface area contributed by atoms with Gasteiger partial charge in [0.1, 0.15) is 5.75 Å². The maximum Gasteiger partial charge on any atom is 0.124 e. The Morgan fingerprint density at radius 1 is 0.630 bits per heavy atom. The second-order valence-corrected chi connectivity index (χ2v) is 7.30. The Labute approximate surface area is 163 Å². The molecule has 0 aliphatic rings.